The molecule has 0 aliphatic carbocycles. The van der Waals surface area contributed by atoms with Gasteiger partial charge < -0.3 is 20.6 Å². The molecule has 0 saturated carbocycles. The highest BCUT2D eigenvalue weighted by atomic mass is 16.3. The van der Waals surface area contributed by atoms with E-state index < -0.39 is 5.60 Å². The van der Waals surface area contributed by atoms with Crippen LogP contribution in [0, 0.1) is 0 Å². The van der Waals surface area contributed by atoms with E-state index in [0.29, 0.717) is 0 Å². The number of piperazine rings is 1. The van der Waals surface area contributed by atoms with E-state index in [9.17, 15) is 9.90 Å². The van der Waals surface area contributed by atoms with Crippen molar-refractivity contribution >= 4 is 6.03 Å². The lowest BCUT2D eigenvalue weighted by molar-refractivity contribution is 0.0591. The third-order valence-electron chi connectivity index (χ3n) is 4.49. The largest absolute Gasteiger partial charge is 0.384 e. The third kappa shape index (κ3) is 5.78. The Bertz CT molecular complexity index is 513. The zero-order chi connectivity index (χ0) is 17.6. The summed E-state index contributed by atoms with van der Waals surface area (Å²) in [5, 5.41) is 16.2. The number of hydrogen-bond acceptors (Lipinski definition) is 4. The molecule has 0 aromatic heterocycles. The first kappa shape index (κ1) is 18.7. The summed E-state index contributed by atoms with van der Waals surface area (Å²) in [5.41, 5.74) is -0.296. The summed E-state index contributed by atoms with van der Waals surface area (Å²) in [4.78, 5) is 16.7. The summed E-state index contributed by atoms with van der Waals surface area (Å²) in [7, 11) is 2.13. The van der Waals surface area contributed by atoms with Crippen LogP contribution in [-0.2, 0) is 5.60 Å². The quantitative estimate of drug-likeness (QED) is 0.721. The fourth-order valence-electron chi connectivity index (χ4n) is 2.89. The molecule has 2 unspecified atom stereocenters. The highest BCUT2D eigenvalue weighted by Gasteiger charge is 2.24. The summed E-state index contributed by atoms with van der Waals surface area (Å²) < 4.78 is 0. The Morgan fingerprint density at radius 1 is 1.25 bits per heavy atom. The Morgan fingerprint density at radius 3 is 2.50 bits per heavy atom. The SMILES string of the molecule is CC(CN1CCN(C)CC1)NC(=O)NCC(C)(O)c1ccccc1. The smallest absolute Gasteiger partial charge is 0.315 e. The van der Waals surface area contributed by atoms with Gasteiger partial charge in [0.25, 0.3) is 0 Å². The molecule has 1 heterocycles. The summed E-state index contributed by atoms with van der Waals surface area (Å²) in [5.74, 6) is 0. The number of nitrogens with zero attached hydrogens (tertiary/aromatic N) is 2. The maximum atomic E-state index is 12.1. The van der Waals surface area contributed by atoms with Crippen LogP contribution in [0.2, 0.25) is 0 Å². The molecule has 1 saturated heterocycles. The molecule has 1 aromatic rings. The number of aliphatic hydroxyl groups is 1. The first-order chi connectivity index (χ1) is 11.4. The van der Waals surface area contributed by atoms with Gasteiger partial charge in [-0.15, -0.1) is 0 Å². The van der Waals surface area contributed by atoms with Gasteiger partial charge in [-0.1, -0.05) is 30.3 Å². The van der Waals surface area contributed by atoms with Gasteiger partial charge in [-0.25, -0.2) is 4.79 Å². The van der Waals surface area contributed by atoms with E-state index in [2.05, 4.69) is 27.5 Å². The van der Waals surface area contributed by atoms with Gasteiger partial charge in [0.1, 0.15) is 5.60 Å². The van der Waals surface area contributed by atoms with Crippen LogP contribution in [0.15, 0.2) is 30.3 Å². The number of hydrogen-bond donors (Lipinski definition) is 3. The fourth-order valence-corrected chi connectivity index (χ4v) is 2.89. The average molecular weight is 334 g/mol. The van der Waals surface area contributed by atoms with E-state index in [1.54, 1.807) is 6.92 Å². The fraction of sp³-hybridized carbons (Fsp3) is 0.611. The Hall–Kier alpha value is -1.63. The monoisotopic (exact) mass is 334 g/mol. The highest BCUT2D eigenvalue weighted by molar-refractivity contribution is 5.74. The third-order valence-corrected chi connectivity index (χ3v) is 4.49. The molecular weight excluding hydrogens is 304 g/mol. The number of rotatable bonds is 6. The van der Waals surface area contributed by atoms with E-state index in [1.807, 2.05) is 37.3 Å². The number of carbonyl (C=O) groups is 1. The zero-order valence-electron chi connectivity index (χ0n) is 15.0. The van der Waals surface area contributed by atoms with Crippen molar-refractivity contribution in [2.24, 2.45) is 0 Å². The van der Waals surface area contributed by atoms with Gasteiger partial charge in [0, 0.05) is 38.8 Å². The predicted octanol–water partition coefficient (Wildman–Crippen LogP) is 0.829. The molecule has 24 heavy (non-hydrogen) atoms. The van der Waals surface area contributed by atoms with E-state index in [0.717, 1.165) is 38.3 Å². The van der Waals surface area contributed by atoms with Crippen molar-refractivity contribution < 1.29 is 9.90 Å². The van der Waals surface area contributed by atoms with Gasteiger partial charge in [-0.3, -0.25) is 4.90 Å². The Labute approximate surface area is 144 Å². The topological polar surface area (TPSA) is 67.8 Å². The zero-order valence-corrected chi connectivity index (χ0v) is 15.0. The molecule has 1 aromatic carbocycles. The first-order valence-corrected chi connectivity index (χ1v) is 8.60. The predicted molar refractivity (Wildman–Crippen MR) is 95.9 cm³/mol. The molecule has 1 aliphatic rings. The molecule has 0 spiro atoms. The molecule has 2 amide bonds. The van der Waals surface area contributed by atoms with Crippen LogP contribution >= 0.6 is 0 Å². The number of benzene rings is 1. The Morgan fingerprint density at radius 2 is 1.88 bits per heavy atom. The number of carbonyl (C=O) groups excluding carboxylic acids is 1. The van der Waals surface area contributed by atoms with Crippen LogP contribution in [0.1, 0.15) is 19.4 Å². The second-order valence-corrected chi connectivity index (χ2v) is 6.97. The van der Waals surface area contributed by atoms with Gasteiger partial charge in [0.15, 0.2) is 0 Å². The molecule has 2 rings (SSSR count). The summed E-state index contributed by atoms with van der Waals surface area (Å²) >= 11 is 0. The minimum atomic E-state index is -1.08. The highest BCUT2D eigenvalue weighted by Crippen LogP contribution is 2.18. The number of urea groups is 1. The molecule has 1 aliphatic heterocycles. The lowest BCUT2D eigenvalue weighted by Gasteiger charge is -2.34. The van der Waals surface area contributed by atoms with Crippen LogP contribution in [0.25, 0.3) is 0 Å². The van der Waals surface area contributed by atoms with Crippen LogP contribution in [0.4, 0.5) is 4.79 Å². The van der Waals surface area contributed by atoms with Crippen molar-refractivity contribution in [1.29, 1.82) is 0 Å². The minimum Gasteiger partial charge on any atom is -0.384 e. The molecule has 3 N–H and O–H groups in total. The molecule has 1 fully saturated rings. The lowest BCUT2D eigenvalue weighted by Crippen LogP contribution is -2.52. The van der Waals surface area contributed by atoms with Crippen molar-refractivity contribution in [3.63, 3.8) is 0 Å². The van der Waals surface area contributed by atoms with Crippen molar-refractivity contribution in [1.82, 2.24) is 20.4 Å². The van der Waals surface area contributed by atoms with Gasteiger partial charge in [0.05, 0.1) is 6.54 Å². The van der Waals surface area contributed by atoms with E-state index >= 15 is 0 Å². The number of likely N-dealkylation sites (N-methyl/N-ethyl adjacent to an activating group) is 1. The molecule has 0 radical (unpaired) electrons. The Kier molecular flexibility index (Phi) is 6.60. The van der Waals surface area contributed by atoms with Gasteiger partial charge in [0.2, 0.25) is 0 Å². The number of nitrogens with one attached hydrogen (secondary N) is 2. The van der Waals surface area contributed by atoms with E-state index in [-0.39, 0.29) is 18.6 Å². The maximum absolute atomic E-state index is 12.1. The van der Waals surface area contributed by atoms with Gasteiger partial charge in [-0.2, -0.15) is 0 Å². The van der Waals surface area contributed by atoms with Crippen LogP contribution in [-0.4, -0.2) is 73.3 Å². The average Bonchev–Trinajstić information content (AvgIpc) is 2.56. The minimum absolute atomic E-state index is 0.0649. The van der Waals surface area contributed by atoms with E-state index in [4.69, 9.17) is 0 Å². The summed E-state index contributed by atoms with van der Waals surface area (Å²) in [6.45, 7) is 8.93. The standard InChI is InChI=1S/C18H30N4O2/c1-15(13-22-11-9-21(3)10-12-22)20-17(23)19-14-18(2,24)16-7-5-4-6-8-16/h4-8,15,24H,9-14H2,1-3H3,(H2,19,20,23). The molecule has 6 heteroatoms. The van der Waals surface area contributed by atoms with Crippen molar-refractivity contribution in [2.75, 3.05) is 46.3 Å². The van der Waals surface area contributed by atoms with Crippen molar-refractivity contribution in [3.05, 3.63) is 35.9 Å². The van der Waals surface area contributed by atoms with E-state index in [1.165, 1.54) is 0 Å². The first-order valence-electron chi connectivity index (χ1n) is 8.60. The van der Waals surface area contributed by atoms with Gasteiger partial charge in [-0.05, 0) is 26.5 Å². The molecule has 6 nitrogen and oxygen atoms in total. The normalized spacial score (nSPS) is 20.2. The van der Waals surface area contributed by atoms with Crippen molar-refractivity contribution in [3.8, 4) is 0 Å². The van der Waals surface area contributed by atoms with Gasteiger partial charge >= 0.3 is 6.03 Å². The van der Waals surface area contributed by atoms with Crippen LogP contribution in [0.3, 0.4) is 0 Å². The van der Waals surface area contributed by atoms with Crippen LogP contribution < -0.4 is 10.6 Å². The molecule has 134 valence electrons. The van der Waals surface area contributed by atoms with Crippen molar-refractivity contribution in [2.45, 2.75) is 25.5 Å². The molecular formula is C18H30N4O2. The number of amides is 2. The Balaban J connectivity index is 1.72. The summed E-state index contributed by atoms with van der Waals surface area (Å²) in [6, 6.07) is 9.19. The van der Waals surface area contributed by atoms with Crippen LogP contribution in [0.5, 0.6) is 0 Å². The lowest BCUT2D eigenvalue weighted by atomic mass is 9.96. The maximum Gasteiger partial charge on any atom is 0.315 e. The molecule has 2 atom stereocenters. The second kappa shape index (κ2) is 8.46. The molecule has 0 bridgehead atoms. The second-order valence-electron chi connectivity index (χ2n) is 6.97. The summed E-state index contributed by atoms with van der Waals surface area (Å²) in [6.07, 6.45) is 0.